The summed E-state index contributed by atoms with van der Waals surface area (Å²) < 4.78 is 7.90. The zero-order chi connectivity index (χ0) is 18.5. The third kappa shape index (κ3) is 5.61. The Kier molecular flexibility index (Phi) is 9.25. The van der Waals surface area contributed by atoms with Gasteiger partial charge in [0.25, 0.3) is 5.91 Å². The lowest BCUT2D eigenvalue weighted by atomic mass is 10.1. The number of amides is 1. The van der Waals surface area contributed by atoms with Gasteiger partial charge in [0.1, 0.15) is 18.0 Å². The van der Waals surface area contributed by atoms with E-state index < -0.39 is 0 Å². The number of rotatable bonds is 7. The van der Waals surface area contributed by atoms with Crippen molar-refractivity contribution in [3.8, 4) is 5.75 Å². The third-order valence-corrected chi connectivity index (χ3v) is 4.19. The van der Waals surface area contributed by atoms with Gasteiger partial charge in [0.2, 0.25) is 0 Å². The fourth-order valence-electron chi connectivity index (χ4n) is 2.73. The van der Waals surface area contributed by atoms with Crippen LogP contribution in [-0.2, 0) is 6.61 Å². The molecule has 0 bridgehead atoms. The molecule has 0 unspecified atom stereocenters. The molecule has 1 N–H and O–H groups in total. The van der Waals surface area contributed by atoms with Gasteiger partial charge in [-0.3, -0.25) is 4.79 Å². The summed E-state index contributed by atoms with van der Waals surface area (Å²) in [7, 11) is 3.66. The maximum atomic E-state index is 12.7. The second kappa shape index (κ2) is 10.9. The SMILES string of the molecule is CNCCN(C)C(=O)c1ccccc1OCc1cn2cc(C)ccc2n1.Cl.Cl. The predicted molar refractivity (Wildman–Crippen MR) is 116 cm³/mol. The Morgan fingerprint density at radius 1 is 1.18 bits per heavy atom. The number of ether oxygens (including phenoxy) is 1. The lowest BCUT2D eigenvalue weighted by Crippen LogP contribution is -2.33. The normalized spacial score (nSPS) is 10.1. The van der Waals surface area contributed by atoms with Gasteiger partial charge in [-0.1, -0.05) is 18.2 Å². The van der Waals surface area contributed by atoms with Crippen LogP contribution in [0.15, 0.2) is 48.8 Å². The van der Waals surface area contributed by atoms with E-state index in [-0.39, 0.29) is 30.7 Å². The van der Waals surface area contributed by atoms with Gasteiger partial charge in [-0.15, -0.1) is 24.8 Å². The van der Waals surface area contributed by atoms with Crippen molar-refractivity contribution in [1.82, 2.24) is 19.6 Å². The number of aryl methyl sites for hydroxylation is 1. The number of para-hydroxylation sites is 1. The molecule has 2 heterocycles. The van der Waals surface area contributed by atoms with E-state index in [2.05, 4.69) is 10.3 Å². The molecule has 2 aromatic heterocycles. The summed E-state index contributed by atoms with van der Waals surface area (Å²) in [5, 5.41) is 3.05. The van der Waals surface area contributed by atoms with Crippen molar-refractivity contribution in [2.45, 2.75) is 13.5 Å². The smallest absolute Gasteiger partial charge is 0.257 e. The molecule has 6 nitrogen and oxygen atoms in total. The summed E-state index contributed by atoms with van der Waals surface area (Å²) >= 11 is 0. The van der Waals surface area contributed by atoms with E-state index in [0.29, 0.717) is 24.5 Å². The molecular weight excluding hydrogens is 399 g/mol. The first-order valence-electron chi connectivity index (χ1n) is 8.64. The Morgan fingerprint density at radius 2 is 1.93 bits per heavy atom. The Morgan fingerprint density at radius 3 is 2.68 bits per heavy atom. The molecule has 3 aromatic rings. The second-order valence-electron chi connectivity index (χ2n) is 6.32. The quantitative estimate of drug-likeness (QED) is 0.631. The molecule has 152 valence electrons. The number of likely N-dealkylation sites (N-methyl/N-ethyl adjacent to an activating group) is 2. The number of carbonyl (C=O) groups excluding carboxylic acids is 1. The monoisotopic (exact) mass is 424 g/mol. The summed E-state index contributed by atoms with van der Waals surface area (Å²) in [6.07, 6.45) is 3.98. The molecule has 0 saturated carbocycles. The lowest BCUT2D eigenvalue weighted by Gasteiger charge is -2.18. The van der Waals surface area contributed by atoms with Gasteiger partial charge in [-0.25, -0.2) is 4.98 Å². The fraction of sp³-hybridized carbons (Fsp3) is 0.300. The molecule has 0 spiro atoms. The molecule has 0 atom stereocenters. The number of aromatic nitrogens is 2. The van der Waals surface area contributed by atoms with Crippen LogP contribution in [0.5, 0.6) is 5.75 Å². The molecule has 8 heteroatoms. The molecular formula is C20H26Cl2N4O2. The number of carbonyl (C=O) groups is 1. The van der Waals surface area contributed by atoms with Crippen LogP contribution in [-0.4, -0.2) is 47.4 Å². The topological polar surface area (TPSA) is 58.9 Å². The van der Waals surface area contributed by atoms with E-state index in [4.69, 9.17) is 4.74 Å². The Hall–Kier alpha value is -2.28. The Bertz CT molecular complexity index is 914. The first-order valence-corrected chi connectivity index (χ1v) is 8.64. The molecule has 0 radical (unpaired) electrons. The zero-order valence-corrected chi connectivity index (χ0v) is 17.8. The first kappa shape index (κ1) is 23.8. The zero-order valence-electron chi connectivity index (χ0n) is 16.2. The van der Waals surface area contributed by atoms with Gasteiger partial charge in [-0.05, 0) is 37.7 Å². The van der Waals surface area contributed by atoms with E-state index >= 15 is 0 Å². The summed E-state index contributed by atoms with van der Waals surface area (Å²) in [6, 6.07) is 11.3. The average molecular weight is 425 g/mol. The summed E-state index contributed by atoms with van der Waals surface area (Å²) in [6.45, 7) is 3.73. The highest BCUT2D eigenvalue weighted by Gasteiger charge is 2.16. The minimum atomic E-state index is -0.0542. The van der Waals surface area contributed by atoms with Crippen LogP contribution < -0.4 is 10.1 Å². The molecule has 1 amide bonds. The Labute approximate surface area is 177 Å². The minimum Gasteiger partial charge on any atom is -0.486 e. The van der Waals surface area contributed by atoms with Crippen LogP contribution in [0.1, 0.15) is 21.6 Å². The van der Waals surface area contributed by atoms with Gasteiger partial charge in [0.05, 0.1) is 11.3 Å². The van der Waals surface area contributed by atoms with Crippen molar-refractivity contribution in [2.24, 2.45) is 0 Å². The van der Waals surface area contributed by atoms with E-state index in [0.717, 1.165) is 17.9 Å². The van der Waals surface area contributed by atoms with Crippen molar-refractivity contribution < 1.29 is 9.53 Å². The third-order valence-electron chi connectivity index (χ3n) is 4.19. The summed E-state index contributed by atoms with van der Waals surface area (Å²) in [5.74, 6) is 0.517. The average Bonchev–Trinajstić information content (AvgIpc) is 3.06. The van der Waals surface area contributed by atoms with E-state index in [1.807, 2.05) is 61.1 Å². The number of hydrogen-bond acceptors (Lipinski definition) is 4. The van der Waals surface area contributed by atoms with Gasteiger partial charge in [-0.2, -0.15) is 0 Å². The molecule has 28 heavy (non-hydrogen) atoms. The Balaban J connectivity index is 0.00000196. The highest BCUT2D eigenvalue weighted by atomic mass is 35.5. The summed E-state index contributed by atoms with van der Waals surface area (Å²) in [4.78, 5) is 18.9. The minimum absolute atomic E-state index is 0. The molecule has 0 aliphatic rings. The lowest BCUT2D eigenvalue weighted by molar-refractivity contribution is 0.0792. The van der Waals surface area contributed by atoms with Crippen LogP contribution in [0.25, 0.3) is 5.65 Å². The van der Waals surface area contributed by atoms with Crippen LogP contribution in [0.2, 0.25) is 0 Å². The number of nitrogens with one attached hydrogen (secondary N) is 1. The standard InChI is InChI=1S/C20H24N4O2.2ClH/c1-15-8-9-19-22-16(13-24(19)12-15)14-26-18-7-5-4-6-17(18)20(25)23(3)11-10-21-2;;/h4-9,12-13,21H,10-11,14H2,1-3H3;2*1H. The number of fused-ring (bicyclic) bond motifs is 1. The number of imidazole rings is 1. The predicted octanol–water partition coefficient (Wildman–Crippen LogP) is 3.36. The van der Waals surface area contributed by atoms with Crippen molar-refractivity contribution in [1.29, 1.82) is 0 Å². The van der Waals surface area contributed by atoms with Crippen LogP contribution in [0, 0.1) is 6.92 Å². The molecule has 3 rings (SSSR count). The highest BCUT2D eigenvalue weighted by Crippen LogP contribution is 2.21. The fourth-order valence-corrected chi connectivity index (χ4v) is 2.73. The van der Waals surface area contributed by atoms with Crippen LogP contribution in [0.4, 0.5) is 0 Å². The maximum Gasteiger partial charge on any atom is 0.257 e. The molecule has 0 fully saturated rings. The molecule has 1 aromatic carbocycles. The van der Waals surface area contributed by atoms with Gasteiger partial charge < -0.3 is 19.4 Å². The van der Waals surface area contributed by atoms with Crippen molar-refractivity contribution in [3.05, 3.63) is 65.6 Å². The van der Waals surface area contributed by atoms with Crippen LogP contribution in [0.3, 0.4) is 0 Å². The summed E-state index contributed by atoms with van der Waals surface area (Å²) in [5.41, 5.74) is 3.43. The van der Waals surface area contributed by atoms with Crippen molar-refractivity contribution >= 4 is 36.4 Å². The van der Waals surface area contributed by atoms with Gasteiger partial charge in [0, 0.05) is 32.5 Å². The van der Waals surface area contributed by atoms with Crippen molar-refractivity contribution in [3.63, 3.8) is 0 Å². The largest absolute Gasteiger partial charge is 0.486 e. The molecule has 0 saturated heterocycles. The number of pyridine rings is 1. The molecule has 0 aliphatic heterocycles. The van der Waals surface area contributed by atoms with E-state index in [1.165, 1.54) is 5.56 Å². The molecule has 0 aliphatic carbocycles. The number of nitrogens with zero attached hydrogens (tertiary/aromatic N) is 3. The second-order valence-corrected chi connectivity index (χ2v) is 6.32. The van der Waals surface area contributed by atoms with Gasteiger partial charge >= 0.3 is 0 Å². The number of halogens is 2. The maximum absolute atomic E-state index is 12.7. The van der Waals surface area contributed by atoms with E-state index in [1.54, 1.807) is 18.0 Å². The first-order chi connectivity index (χ1) is 12.6. The highest BCUT2D eigenvalue weighted by molar-refractivity contribution is 5.96. The van der Waals surface area contributed by atoms with Gasteiger partial charge in [0.15, 0.2) is 0 Å². The van der Waals surface area contributed by atoms with E-state index in [9.17, 15) is 4.79 Å². The number of benzene rings is 1. The van der Waals surface area contributed by atoms with Crippen molar-refractivity contribution in [2.75, 3.05) is 27.2 Å². The van der Waals surface area contributed by atoms with Crippen LogP contribution >= 0.6 is 24.8 Å². The number of hydrogen-bond donors (Lipinski definition) is 1.